The van der Waals surface area contributed by atoms with Crippen LogP contribution < -0.4 is 0 Å². The predicted octanol–water partition coefficient (Wildman–Crippen LogP) is 7.40. The molecular formula is C22H17Cl2Zr. The van der Waals surface area contributed by atoms with E-state index in [0.717, 1.165) is 0 Å². The van der Waals surface area contributed by atoms with Crippen LogP contribution in [0.3, 0.4) is 0 Å². The molecule has 3 aromatic rings. The second kappa shape index (κ2) is 7.24. The minimum absolute atomic E-state index is 0.257. The second-order valence-electron chi connectivity index (χ2n) is 6.33. The number of fused-ring (bicyclic) bond motifs is 1. The van der Waals surface area contributed by atoms with Gasteiger partial charge in [-0.25, -0.2) is 0 Å². The van der Waals surface area contributed by atoms with Gasteiger partial charge in [-0.05, 0) is 0 Å². The summed E-state index contributed by atoms with van der Waals surface area (Å²) in [5, 5.41) is 0. The number of halogens is 2. The maximum atomic E-state index is 6.48. The second-order valence-corrected chi connectivity index (χ2v) is 15.1. The monoisotopic (exact) mass is 441 g/mol. The molecule has 0 nitrogen and oxygen atoms in total. The summed E-state index contributed by atoms with van der Waals surface area (Å²) in [6.07, 6.45) is 2.29. The van der Waals surface area contributed by atoms with Gasteiger partial charge in [-0.1, -0.05) is 0 Å². The van der Waals surface area contributed by atoms with Gasteiger partial charge in [0, 0.05) is 0 Å². The Labute approximate surface area is 163 Å². The van der Waals surface area contributed by atoms with Crippen LogP contribution in [0, 0.1) is 0 Å². The van der Waals surface area contributed by atoms with Gasteiger partial charge < -0.3 is 0 Å². The summed E-state index contributed by atoms with van der Waals surface area (Å²) in [7, 11) is 13.0. The number of allylic oxidation sites excluding steroid dienone is 1. The van der Waals surface area contributed by atoms with E-state index in [2.05, 4.69) is 85.8 Å². The molecule has 0 bridgehead atoms. The van der Waals surface area contributed by atoms with Crippen LogP contribution in [-0.4, -0.2) is 0 Å². The van der Waals surface area contributed by atoms with Gasteiger partial charge in [0.05, 0.1) is 0 Å². The summed E-state index contributed by atoms with van der Waals surface area (Å²) in [6.45, 7) is 2.16. The Morgan fingerprint density at radius 1 is 0.760 bits per heavy atom. The molecule has 0 heterocycles. The van der Waals surface area contributed by atoms with Gasteiger partial charge in [0.25, 0.3) is 0 Å². The Balaban J connectivity index is 2.02. The number of hydrogen-bond acceptors (Lipinski definition) is 0. The van der Waals surface area contributed by atoms with E-state index in [-0.39, 0.29) is 3.63 Å². The Morgan fingerprint density at radius 2 is 1.36 bits per heavy atom. The Hall–Kier alpha value is -1.14. The fourth-order valence-electron chi connectivity index (χ4n) is 3.66. The molecule has 25 heavy (non-hydrogen) atoms. The molecule has 0 saturated heterocycles. The molecule has 0 N–H and O–H groups in total. The van der Waals surface area contributed by atoms with Crippen molar-refractivity contribution in [3.63, 3.8) is 0 Å². The molecule has 1 unspecified atom stereocenters. The zero-order valence-electron chi connectivity index (χ0n) is 13.8. The van der Waals surface area contributed by atoms with E-state index >= 15 is 0 Å². The van der Waals surface area contributed by atoms with Gasteiger partial charge in [-0.15, -0.1) is 0 Å². The molecule has 0 spiro atoms. The van der Waals surface area contributed by atoms with Gasteiger partial charge in [-0.3, -0.25) is 0 Å². The van der Waals surface area contributed by atoms with Crippen LogP contribution in [0.25, 0.3) is 28.3 Å². The van der Waals surface area contributed by atoms with E-state index in [1.165, 1.54) is 39.0 Å². The van der Waals surface area contributed by atoms with Crippen molar-refractivity contribution in [1.82, 2.24) is 0 Å². The molecule has 0 amide bonds. The summed E-state index contributed by atoms with van der Waals surface area (Å²) in [5.74, 6) is 0. The van der Waals surface area contributed by atoms with E-state index in [1.807, 2.05) is 0 Å². The van der Waals surface area contributed by atoms with Crippen molar-refractivity contribution in [2.75, 3.05) is 0 Å². The molecule has 1 atom stereocenters. The Morgan fingerprint density at radius 3 is 1.96 bits per heavy atom. The molecule has 0 radical (unpaired) electrons. The number of hydrogen-bond donors (Lipinski definition) is 0. The molecule has 3 aromatic carbocycles. The minimum atomic E-state index is -2.43. The molecule has 1 aliphatic carbocycles. The summed E-state index contributed by atoms with van der Waals surface area (Å²) in [4.78, 5) is 0. The van der Waals surface area contributed by atoms with Gasteiger partial charge in [0.1, 0.15) is 0 Å². The van der Waals surface area contributed by atoms with Crippen LogP contribution in [0.5, 0.6) is 0 Å². The van der Waals surface area contributed by atoms with Gasteiger partial charge in [0.2, 0.25) is 0 Å². The molecule has 4 rings (SSSR count). The van der Waals surface area contributed by atoms with Crippen LogP contribution in [0.4, 0.5) is 0 Å². The SMILES string of the molecule is CC1=Cc2c(ccc(-c3ccccc3)c2-c2ccccc2)[CH]1[Zr]([Cl])[Cl]. The first-order valence-corrected chi connectivity index (χ1v) is 16.1. The van der Waals surface area contributed by atoms with E-state index in [0.29, 0.717) is 0 Å². The quantitative estimate of drug-likeness (QED) is 0.396. The normalized spacial score (nSPS) is 15.6. The van der Waals surface area contributed by atoms with E-state index in [9.17, 15) is 0 Å². The summed E-state index contributed by atoms with van der Waals surface area (Å²) >= 11 is -2.43. The van der Waals surface area contributed by atoms with Crippen LogP contribution in [0.15, 0.2) is 78.4 Å². The first-order valence-electron chi connectivity index (χ1n) is 8.30. The molecule has 0 aliphatic heterocycles. The third kappa shape index (κ3) is 3.19. The van der Waals surface area contributed by atoms with Gasteiger partial charge >= 0.3 is 165 Å². The molecular weight excluding hydrogens is 426 g/mol. The van der Waals surface area contributed by atoms with Crippen molar-refractivity contribution in [2.45, 2.75) is 10.5 Å². The Kier molecular flexibility index (Phi) is 5.00. The number of rotatable bonds is 3. The zero-order valence-corrected chi connectivity index (χ0v) is 17.8. The molecule has 0 fully saturated rings. The molecule has 1 aliphatic rings. The maximum absolute atomic E-state index is 6.48. The fourth-order valence-corrected chi connectivity index (χ4v) is 9.34. The first-order chi connectivity index (χ1) is 12.2. The topological polar surface area (TPSA) is 0 Å². The average molecular weight is 444 g/mol. The zero-order chi connectivity index (χ0) is 17.4. The van der Waals surface area contributed by atoms with Crippen LogP contribution >= 0.6 is 17.0 Å². The van der Waals surface area contributed by atoms with Crippen LogP contribution in [0.1, 0.15) is 21.7 Å². The molecule has 3 heteroatoms. The predicted molar refractivity (Wildman–Crippen MR) is 105 cm³/mol. The molecule has 0 aromatic heterocycles. The fraction of sp³-hybridized carbons (Fsp3) is 0.0909. The van der Waals surface area contributed by atoms with Crippen molar-refractivity contribution >= 4 is 23.1 Å². The summed E-state index contributed by atoms with van der Waals surface area (Å²) < 4.78 is 0.257. The van der Waals surface area contributed by atoms with Crippen molar-refractivity contribution < 1.29 is 19.4 Å². The van der Waals surface area contributed by atoms with Crippen molar-refractivity contribution in [1.29, 1.82) is 0 Å². The van der Waals surface area contributed by atoms with Crippen molar-refractivity contribution in [3.8, 4) is 22.3 Å². The van der Waals surface area contributed by atoms with E-state index in [1.54, 1.807) is 0 Å². The molecule has 0 saturated carbocycles. The third-order valence-electron chi connectivity index (χ3n) is 4.78. The van der Waals surface area contributed by atoms with Crippen LogP contribution in [0.2, 0.25) is 0 Å². The average Bonchev–Trinajstić information content (AvgIpc) is 2.98. The van der Waals surface area contributed by atoms with E-state index in [4.69, 9.17) is 17.0 Å². The van der Waals surface area contributed by atoms with Gasteiger partial charge in [0.15, 0.2) is 0 Å². The number of benzene rings is 3. The summed E-state index contributed by atoms with van der Waals surface area (Å²) in [6, 6.07) is 25.6. The third-order valence-corrected chi connectivity index (χ3v) is 10.3. The summed E-state index contributed by atoms with van der Waals surface area (Å²) in [5.41, 5.74) is 8.89. The first kappa shape index (κ1) is 17.3. The van der Waals surface area contributed by atoms with Crippen molar-refractivity contribution in [2.24, 2.45) is 0 Å². The van der Waals surface area contributed by atoms with Crippen LogP contribution in [-0.2, 0) is 19.4 Å². The molecule has 123 valence electrons. The van der Waals surface area contributed by atoms with Gasteiger partial charge in [-0.2, -0.15) is 0 Å². The van der Waals surface area contributed by atoms with E-state index < -0.39 is 19.4 Å². The standard InChI is InChI=1S/C22H17.2ClH.Zr/c1-16-14-19-12-13-20(17-8-4-2-5-9-17)22(21(19)15-16)18-10-6-3-7-11-18;;;/h2-15H,1H3;2*1H;/q;;;+2/p-2. The Bertz CT molecular complexity index is 931. The van der Waals surface area contributed by atoms with Crippen molar-refractivity contribution in [3.05, 3.63) is 89.5 Å².